The van der Waals surface area contributed by atoms with Crippen LogP contribution < -0.4 is 4.89 Å². The summed E-state index contributed by atoms with van der Waals surface area (Å²) in [4.78, 5) is 37.7. The summed E-state index contributed by atoms with van der Waals surface area (Å²) in [6.45, 7) is 4.24. The van der Waals surface area contributed by atoms with Crippen LogP contribution in [0.5, 0.6) is 0 Å². The van der Waals surface area contributed by atoms with Crippen LogP contribution in [0.25, 0.3) is 0 Å². The second kappa shape index (κ2) is 43.7. The molecule has 61 heavy (non-hydrogen) atoms. The van der Waals surface area contributed by atoms with Crippen LogP contribution in [-0.4, -0.2) is 70.0 Å². The van der Waals surface area contributed by atoms with Crippen LogP contribution in [0.1, 0.15) is 239 Å². The molecule has 0 aromatic carbocycles. The number of unbranched alkanes of at least 4 members (excludes halogenated alkanes) is 29. The van der Waals surface area contributed by atoms with Crippen molar-refractivity contribution >= 4 is 19.8 Å². The minimum absolute atomic E-state index is 0.0299. The summed E-state index contributed by atoms with van der Waals surface area (Å²) in [5.41, 5.74) is 0. The van der Waals surface area contributed by atoms with Gasteiger partial charge >= 0.3 is 11.9 Å². The lowest BCUT2D eigenvalue weighted by Crippen LogP contribution is -2.37. The molecule has 0 aliphatic carbocycles. The van der Waals surface area contributed by atoms with Gasteiger partial charge in [0.05, 0.1) is 27.7 Å². The maximum atomic E-state index is 12.7. The summed E-state index contributed by atoms with van der Waals surface area (Å²) in [5.74, 6) is -0.831. The van der Waals surface area contributed by atoms with Gasteiger partial charge in [-0.25, -0.2) is 0 Å². The number of hydrogen-bond acceptors (Lipinski definition) is 8. The summed E-state index contributed by atoms with van der Waals surface area (Å²) in [6, 6.07) is 0. The lowest BCUT2D eigenvalue weighted by Gasteiger charge is -2.28. The molecule has 10 heteroatoms. The zero-order valence-electron chi connectivity index (χ0n) is 40.6. The fourth-order valence-corrected chi connectivity index (χ4v) is 7.94. The fourth-order valence-electron chi connectivity index (χ4n) is 7.22. The number of ether oxygens (including phenoxy) is 2. The predicted molar refractivity (Wildman–Crippen MR) is 254 cm³/mol. The standard InChI is InChI=1S/C51H98NO8P/c1-6-8-10-12-14-16-18-20-22-24-25-26-28-30-32-34-36-38-40-42-44-51(54)60-49(48-59-61(55,56)58-46-45-52(3,4)5)47-57-50(53)43-41-39-37-35-33-31-29-27-23-21-19-17-15-13-11-9-7-2/h15,17,21,23,49H,6-14,16,18-20,22,24-48H2,1-5H3/b17-15+,23-21+/t49-/m1/s1. The SMILES string of the molecule is CCCCC/C=C/C/C=C/CCCCCCCCCC(=O)OC[C@H](COP(=O)([O-])OCC[N+](C)(C)C)OC(=O)CCCCCCCCCCCCCCCCCCCCCC. The first-order chi connectivity index (χ1) is 29.5. The zero-order chi connectivity index (χ0) is 45.0. The van der Waals surface area contributed by atoms with E-state index in [2.05, 4.69) is 38.2 Å². The van der Waals surface area contributed by atoms with Gasteiger partial charge in [0.25, 0.3) is 7.82 Å². The van der Waals surface area contributed by atoms with Gasteiger partial charge < -0.3 is 27.9 Å². The van der Waals surface area contributed by atoms with Crippen molar-refractivity contribution in [1.29, 1.82) is 0 Å². The minimum Gasteiger partial charge on any atom is -0.756 e. The number of nitrogens with zero attached hydrogens (tertiary/aromatic N) is 1. The van der Waals surface area contributed by atoms with Crippen LogP contribution in [0.2, 0.25) is 0 Å². The van der Waals surface area contributed by atoms with Crippen molar-refractivity contribution in [1.82, 2.24) is 0 Å². The first-order valence-electron chi connectivity index (χ1n) is 25.5. The molecule has 0 heterocycles. The van der Waals surface area contributed by atoms with E-state index in [4.69, 9.17) is 18.5 Å². The Kier molecular flexibility index (Phi) is 42.6. The van der Waals surface area contributed by atoms with E-state index in [0.717, 1.165) is 51.4 Å². The molecule has 0 aliphatic heterocycles. The lowest BCUT2D eigenvalue weighted by molar-refractivity contribution is -0.870. The highest BCUT2D eigenvalue weighted by atomic mass is 31.2. The second-order valence-electron chi connectivity index (χ2n) is 18.5. The van der Waals surface area contributed by atoms with Gasteiger partial charge in [0.1, 0.15) is 19.8 Å². The van der Waals surface area contributed by atoms with Gasteiger partial charge in [0.15, 0.2) is 6.10 Å². The minimum atomic E-state index is -4.63. The molecule has 0 spiro atoms. The Hall–Kier alpha value is -1.51. The van der Waals surface area contributed by atoms with E-state index in [-0.39, 0.29) is 32.0 Å². The van der Waals surface area contributed by atoms with Gasteiger partial charge in [-0.2, -0.15) is 0 Å². The number of phosphoric acid groups is 1. The van der Waals surface area contributed by atoms with Gasteiger partial charge in [-0.1, -0.05) is 205 Å². The molecule has 0 rings (SSSR count). The quantitative estimate of drug-likeness (QED) is 0.0195. The molecule has 360 valence electrons. The third kappa shape index (κ3) is 47.8. The van der Waals surface area contributed by atoms with E-state index in [1.54, 1.807) is 0 Å². The Morgan fingerprint density at radius 1 is 0.508 bits per heavy atom. The van der Waals surface area contributed by atoms with Crippen LogP contribution in [0, 0.1) is 0 Å². The zero-order valence-corrected chi connectivity index (χ0v) is 41.5. The van der Waals surface area contributed by atoms with E-state index >= 15 is 0 Å². The average Bonchev–Trinajstić information content (AvgIpc) is 3.21. The molecule has 0 saturated carbocycles. The molecule has 0 saturated heterocycles. The Morgan fingerprint density at radius 3 is 1.33 bits per heavy atom. The normalized spacial score (nSPS) is 13.6. The Bertz CT molecular complexity index is 1090. The Morgan fingerprint density at radius 2 is 0.885 bits per heavy atom. The Balaban J connectivity index is 4.24. The van der Waals surface area contributed by atoms with Crippen molar-refractivity contribution in [3.63, 3.8) is 0 Å². The number of carbonyl (C=O) groups is 2. The number of esters is 2. The molecule has 0 amide bonds. The molecule has 0 aromatic rings. The van der Waals surface area contributed by atoms with Crippen molar-refractivity contribution in [2.24, 2.45) is 0 Å². The van der Waals surface area contributed by atoms with Crippen molar-refractivity contribution in [2.75, 3.05) is 47.5 Å². The van der Waals surface area contributed by atoms with Crippen molar-refractivity contribution in [3.8, 4) is 0 Å². The van der Waals surface area contributed by atoms with E-state index in [0.29, 0.717) is 17.4 Å². The third-order valence-corrected chi connectivity index (χ3v) is 12.2. The predicted octanol–water partition coefficient (Wildman–Crippen LogP) is 14.5. The van der Waals surface area contributed by atoms with Crippen LogP contribution in [0.3, 0.4) is 0 Å². The maximum Gasteiger partial charge on any atom is 0.306 e. The molecule has 0 fully saturated rings. The van der Waals surface area contributed by atoms with E-state index in [9.17, 15) is 19.0 Å². The van der Waals surface area contributed by atoms with Gasteiger partial charge in [-0.3, -0.25) is 14.2 Å². The molecule has 2 atom stereocenters. The average molecular weight is 884 g/mol. The van der Waals surface area contributed by atoms with Crippen LogP contribution in [0.4, 0.5) is 0 Å². The number of phosphoric ester groups is 1. The summed E-state index contributed by atoms with van der Waals surface area (Å²) in [6.07, 6.45) is 49.2. The van der Waals surface area contributed by atoms with Gasteiger partial charge in [0.2, 0.25) is 0 Å². The summed E-state index contributed by atoms with van der Waals surface area (Å²) in [5, 5.41) is 0. The smallest absolute Gasteiger partial charge is 0.306 e. The van der Waals surface area contributed by atoms with Crippen LogP contribution in [-0.2, 0) is 32.7 Å². The number of quaternary nitrogens is 1. The molecule has 0 aliphatic rings. The molecule has 0 radical (unpaired) electrons. The van der Waals surface area contributed by atoms with Gasteiger partial charge in [-0.05, 0) is 44.9 Å². The highest BCUT2D eigenvalue weighted by molar-refractivity contribution is 7.45. The van der Waals surface area contributed by atoms with E-state index < -0.39 is 26.5 Å². The number of rotatable bonds is 47. The number of allylic oxidation sites excluding steroid dienone is 4. The summed E-state index contributed by atoms with van der Waals surface area (Å²) < 4.78 is 34.0. The first-order valence-corrected chi connectivity index (χ1v) is 27.0. The van der Waals surface area contributed by atoms with Crippen molar-refractivity contribution < 1.29 is 42.1 Å². The van der Waals surface area contributed by atoms with Crippen molar-refractivity contribution in [3.05, 3.63) is 24.3 Å². The molecule has 1 unspecified atom stereocenters. The number of carbonyl (C=O) groups excluding carboxylic acids is 2. The first kappa shape index (κ1) is 59.5. The summed E-state index contributed by atoms with van der Waals surface area (Å²) in [7, 11) is 1.17. The highest BCUT2D eigenvalue weighted by Gasteiger charge is 2.21. The molecular weight excluding hydrogens is 786 g/mol. The summed E-state index contributed by atoms with van der Waals surface area (Å²) >= 11 is 0. The Labute approximate surface area is 377 Å². The van der Waals surface area contributed by atoms with E-state index in [1.807, 2.05) is 21.1 Å². The molecule has 0 aromatic heterocycles. The van der Waals surface area contributed by atoms with Crippen LogP contribution in [0.15, 0.2) is 24.3 Å². The monoisotopic (exact) mass is 884 g/mol. The van der Waals surface area contributed by atoms with E-state index in [1.165, 1.54) is 154 Å². The lowest BCUT2D eigenvalue weighted by atomic mass is 10.0. The molecular formula is C51H98NO8P. The van der Waals surface area contributed by atoms with Crippen LogP contribution >= 0.6 is 7.82 Å². The molecule has 0 bridgehead atoms. The van der Waals surface area contributed by atoms with Crippen molar-refractivity contribution in [2.45, 2.75) is 245 Å². The third-order valence-electron chi connectivity index (χ3n) is 11.2. The largest absolute Gasteiger partial charge is 0.756 e. The molecule has 0 N–H and O–H groups in total. The number of hydrogen-bond donors (Lipinski definition) is 0. The number of likely N-dealkylation sites (N-methyl/N-ethyl adjacent to an activating group) is 1. The van der Waals surface area contributed by atoms with Gasteiger partial charge in [0, 0.05) is 12.8 Å². The highest BCUT2D eigenvalue weighted by Crippen LogP contribution is 2.38. The topological polar surface area (TPSA) is 111 Å². The van der Waals surface area contributed by atoms with Gasteiger partial charge in [-0.15, -0.1) is 0 Å². The fraction of sp³-hybridized carbons (Fsp3) is 0.882. The second-order valence-corrected chi connectivity index (χ2v) is 20.0. The molecule has 9 nitrogen and oxygen atoms in total. The maximum absolute atomic E-state index is 12.7.